The molecule has 2 aromatic carbocycles. The van der Waals surface area contributed by atoms with E-state index in [1.165, 1.54) is 11.0 Å². The second-order valence-corrected chi connectivity index (χ2v) is 11.0. The van der Waals surface area contributed by atoms with Gasteiger partial charge in [-0.15, -0.1) is 0 Å². The van der Waals surface area contributed by atoms with Crippen LogP contribution in [-0.2, 0) is 0 Å². The molecular formula is C30H36N6O8. The fourth-order valence-electron chi connectivity index (χ4n) is 5.00. The molecule has 3 atom stereocenters. The van der Waals surface area contributed by atoms with Gasteiger partial charge in [-0.1, -0.05) is 12.1 Å². The van der Waals surface area contributed by atoms with Crippen molar-refractivity contribution in [1.29, 1.82) is 0 Å². The SMILES string of the molecule is Cc1noc(C)c1NC(=O)N(C)C[C@@H]1Oc2ccc(NC(=O)Nc3ccc4c(c3)OCO4)cc2C(=O)N([C@@H](C)CO)C[C@@H]1C. The lowest BCUT2D eigenvalue weighted by Crippen LogP contribution is -2.50. The van der Waals surface area contributed by atoms with E-state index in [-0.39, 0.29) is 49.9 Å². The molecule has 44 heavy (non-hydrogen) atoms. The largest absolute Gasteiger partial charge is 0.487 e. The summed E-state index contributed by atoms with van der Waals surface area (Å²) < 4.78 is 22.2. The Morgan fingerprint density at radius 3 is 2.43 bits per heavy atom. The number of aromatic nitrogens is 1. The number of amides is 5. The number of aryl methyl sites for hydroxylation is 2. The number of likely N-dealkylation sites (N-methyl/N-ethyl adjacent to an activating group) is 1. The lowest BCUT2D eigenvalue weighted by molar-refractivity contribution is 0.0371. The van der Waals surface area contributed by atoms with Crippen LogP contribution < -0.4 is 30.2 Å². The first kappa shape index (κ1) is 30.5. The van der Waals surface area contributed by atoms with Crippen molar-refractivity contribution in [2.24, 2.45) is 5.92 Å². The van der Waals surface area contributed by atoms with Gasteiger partial charge in [-0.3, -0.25) is 4.79 Å². The first-order valence-electron chi connectivity index (χ1n) is 14.2. The third-order valence-electron chi connectivity index (χ3n) is 7.62. The van der Waals surface area contributed by atoms with Crippen LogP contribution in [0.5, 0.6) is 17.2 Å². The van der Waals surface area contributed by atoms with Crippen molar-refractivity contribution in [2.45, 2.75) is 39.8 Å². The molecule has 2 aliphatic rings. The van der Waals surface area contributed by atoms with Crippen LogP contribution >= 0.6 is 0 Å². The summed E-state index contributed by atoms with van der Waals surface area (Å²) in [6, 6.07) is 8.43. The van der Waals surface area contributed by atoms with Crippen LogP contribution in [0.3, 0.4) is 0 Å². The summed E-state index contributed by atoms with van der Waals surface area (Å²) in [6.07, 6.45) is -0.510. The number of nitrogens with one attached hydrogen (secondary N) is 3. The molecule has 14 heteroatoms. The fourth-order valence-corrected chi connectivity index (χ4v) is 5.00. The van der Waals surface area contributed by atoms with E-state index in [1.54, 1.807) is 63.1 Å². The van der Waals surface area contributed by atoms with Crippen LogP contribution in [0.25, 0.3) is 0 Å². The van der Waals surface area contributed by atoms with E-state index in [4.69, 9.17) is 18.7 Å². The highest BCUT2D eigenvalue weighted by Crippen LogP contribution is 2.35. The van der Waals surface area contributed by atoms with E-state index in [0.717, 1.165) is 0 Å². The summed E-state index contributed by atoms with van der Waals surface area (Å²) in [7, 11) is 1.65. The number of ether oxygens (including phenoxy) is 3. The molecule has 5 amide bonds. The number of aliphatic hydroxyl groups excluding tert-OH is 1. The van der Waals surface area contributed by atoms with E-state index in [9.17, 15) is 19.5 Å². The summed E-state index contributed by atoms with van der Waals surface area (Å²) in [4.78, 5) is 42.7. The predicted octanol–water partition coefficient (Wildman–Crippen LogP) is 4.05. The minimum Gasteiger partial charge on any atom is -0.487 e. The van der Waals surface area contributed by atoms with Gasteiger partial charge in [0.1, 0.15) is 23.2 Å². The van der Waals surface area contributed by atoms with Crippen molar-refractivity contribution in [3.63, 3.8) is 0 Å². The smallest absolute Gasteiger partial charge is 0.323 e. The number of aliphatic hydroxyl groups is 1. The average Bonchev–Trinajstić information content (AvgIpc) is 3.60. The zero-order valence-electron chi connectivity index (χ0n) is 25.2. The molecule has 0 saturated heterocycles. The Morgan fingerprint density at radius 1 is 1.07 bits per heavy atom. The zero-order valence-corrected chi connectivity index (χ0v) is 25.2. The molecule has 3 aromatic rings. The zero-order chi connectivity index (χ0) is 31.5. The molecule has 2 aliphatic heterocycles. The molecule has 1 aromatic heterocycles. The van der Waals surface area contributed by atoms with Gasteiger partial charge in [-0.05, 0) is 51.1 Å². The van der Waals surface area contributed by atoms with Gasteiger partial charge in [-0.25, -0.2) is 9.59 Å². The summed E-state index contributed by atoms with van der Waals surface area (Å²) in [5.74, 6) is 1.35. The molecule has 4 N–H and O–H groups in total. The van der Waals surface area contributed by atoms with Crippen LogP contribution in [0.15, 0.2) is 40.9 Å². The van der Waals surface area contributed by atoms with E-state index in [0.29, 0.717) is 45.8 Å². The predicted molar refractivity (Wildman–Crippen MR) is 160 cm³/mol. The molecule has 3 heterocycles. The molecule has 0 spiro atoms. The third kappa shape index (κ3) is 6.49. The molecule has 14 nitrogen and oxygen atoms in total. The molecule has 0 saturated carbocycles. The second-order valence-electron chi connectivity index (χ2n) is 11.0. The van der Waals surface area contributed by atoms with E-state index >= 15 is 0 Å². The average molecular weight is 609 g/mol. The fraction of sp³-hybridized carbons (Fsp3) is 0.400. The maximum Gasteiger partial charge on any atom is 0.323 e. The topological polar surface area (TPSA) is 168 Å². The molecule has 0 aliphatic carbocycles. The monoisotopic (exact) mass is 608 g/mol. The Bertz CT molecular complexity index is 1540. The molecule has 0 bridgehead atoms. The van der Waals surface area contributed by atoms with Crippen molar-refractivity contribution >= 4 is 35.0 Å². The van der Waals surface area contributed by atoms with Gasteiger partial charge in [0.2, 0.25) is 6.79 Å². The number of carbonyl (C=O) groups excluding carboxylic acids is 3. The van der Waals surface area contributed by atoms with Gasteiger partial charge in [-0.2, -0.15) is 0 Å². The van der Waals surface area contributed by atoms with Gasteiger partial charge >= 0.3 is 12.1 Å². The lowest BCUT2D eigenvalue weighted by Gasteiger charge is -2.38. The minimum atomic E-state index is -0.527. The summed E-state index contributed by atoms with van der Waals surface area (Å²) >= 11 is 0. The van der Waals surface area contributed by atoms with E-state index in [2.05, 4.69) is 21.1 Å². The highest BCUT2D eigenvalue weighted by atomic mass is 16.7. The Balaban J connectivity index is 1.34. The number of benzene rings is 2. The highest BCUT2D eigenvalue weighted by Gasteiger charge is 2.34. The van der Waals surface area contributed by atoms with Gasteiger partial charge in [0.15, 0.2) is 17.3 Å². The molecule has 0 fully saturated rings. The van der Waals surface area contributed by atoms with Crippen LogP contribution in [0.1, 0.15) is 35.7 Å². The number of hydrogen-bond donors (Lipinski definition) is 4. The maximum atomic E-state index is 13.7. The molecule has 0 unspecified atom stereocenters. The standard InChI is InChI=1S/C30H36N6O8/c1-16-12-36(17(2)14-37)28(38)22-10-20(31-29(39)32-21-7-9-24-25(11-21)42-15-41-24)6-8-23(22)43-26(16)13-35(5)30(40)33-27-18(3)34-44-19(27)4/h6-11,16-17,26,37H,12-15H2,1-5H3,(H,33,40)(H2,31,32,39)/t16-,17-,26-/m0/s1. The number of anilines is 3. The van der Waals surface area contributed by atoms with Crippen molar-refractivity contribution < 1.29 is 38.2 Å². The number of urea groups is 2. The Hall–Kier alpha value is -4.98. The Morgan fingerprint density at radius 2 is 1.75 bits per heavy atom. The normalized spacial score (nSPS) is 18.0. The molecule has 234 valence electrons. The number of hydrogen-bond acceptors (Lipinski definition) is 9. The number of rotatable bonds is 7. The van der Waals surface area contributed by atoms with Crippen molar-refractivity contribution in [2.75, 3.05) is 49.5 Å². The van der Waals surface area contributed by atoms with E-state index < -0.39 is 18.2 Å². The van der Waals surface area contributed by atoms with Crippen LogP contribution in [0.4, 0.5) is 26.7 Å². The summed E-state index contributed by atoms with van der Waals surface area (Å²) in [5.41, 5.74) is 2.15. The molecular weight excluding hydrogens is 572 g/mol. The van der Waals surface area contributed by atoms with Crippen molar-refractivity contribution in [3.05, 3.63) is 53.4 Å². The third-order valence-corrected chi connectivity index (χ3v) is 7.62. The van der Waals surface area contributed by atoms with Gasteiger partial charge in [0.05, 0.1) is 24.8 Å². The second kappa shape index (κ2) is 12.7. The molecule has 5 rings (SSSR count). The summed E-state index contributed by atoms with van der Waals surface area (Å²) in [5, 5.41) is 22.1. The van der Waals surface area contributed by atoms with Gasteiger partial charge < -0.3 is 49.6 Å². The Labute approximate surface area is 254 Å². The van der Waals surface area contributed by atoms with Gasteiger partial charge in [0, 0.05) is 37.0 Å². The van der Waals surface area contributed by atoms with Gasteiger partial charge in [0.25, 0.3) is 5.91 Å². The quantitative estimate of drug-likeness (QED) is 0.309. The first-order chi connectivity index (χ1) is 21.0. The van der Waals surface area contributed by atoms with Crippen LogP contribution in [-0.4, -0.2) is 83.7 Å². The first-order valence-corrected chi connectivity index (χ1v) is 14.2. The summed E-state index contributed by atoms with van der Waals surface area (Å²) in [6.45, 7) is 7.48. The van der Waals surface area contributed by atoms with Crippen LogP contribution in [0, 0.1) is 19.8 Å². The number of fused-ring (bicyclic) bond motifs is 2. The highest BCUT2D eigenvalue weighted by molar-refractivity contribution is 6.02. The van der Waals surface area contributed by atoms with E-state index in [1.807, 2.05) is 6.92 Å². The minimum absolute atomic E-state index is 0.119. The number of nitrogens with zero attached hydrogens (tertiary/aromatic N) is 3. The molecule has 0 radical (unpaired) electrons. The van der Waals surface area contributed by atoms with Crippen molar-refractivity contribution in [1.82, 2.24) is 15.0 Å². The van der Waals surface area contributed by atoms with Crippen LogP contribution in [0.2, 0.25) is 0 Å². The number of carbonyl (C=O) groups is 3. The Kier molecular flexibility index (Phi) is 8.81. The van der Waals surface area contributed by atoms with Crippen molar-refractivity contribution in [3.8, 4) is 17.2 Å². The lowest BCUT2D eigenvalue weighted by atomic mass is 9.99. The maximum absolute atomic E-state index is 13.7.